The summed E-state index contributed by atoms with van der Waals surface area (Å²) in [6.45, 7) is 1.58. The van der Waals surface area contributed by atoms with E-state index in [0.29, 0.717) is 16.9 Å². The van der Waals surface area contributed by atoms with Crippen LogP contribution in [0.5, 0.6) is 5.75 Å². The van der Waals surface area contributed by atoms with Crippen molar-refractivity contribution in [1.82, 2.24) is 14.8 Å². The van der Waals surface area contributed by atoms with Gasteiger partial charge in [-0.15, -0.1) is 0 Å². The minimum Gasteiger partial charge on any atom is -0.494 e. The molecular formula is C19H24ClN3O2. The van der Waals surface area contributed by atoms with Gasteiger partial charge in [0.1, 0.15) is 17.3 Å². The maximum Gasteiger partial charge on any atom is 0.154 e. The number of halogens is 1. The Morgan fingerprint density at radius 3 is 2.60 bits per heavy atom. The van der Waals surface area contributed by atoms with Gasteiger partial charge in [0.25, 0.3) is 0 Å². The van der Waals surface area contributed by atoms with Crippen LogP contribution in [0.25, 0.3) is 5.69 Å². The van der Waals surface area contributed by atoms with E-state index < -0.39 is 0 Å². The van der Waals surface area contributed by atoms with Crippen LogP contribution < -0.4 is 4.74 Å². The van der Waals surface area contributed by atoms with Gasteiger partial charge in [-0.05, 0) is 43.9 Å². The van der Waals surface area contributed by atoms with Crippen molar-refractivity contribution in [2.24, 2.45) is 0 Å². The summed E-state index contributed by atoms with van der Waals surface area (Å²) in [5, 5.41) is 5.59. The molecule has 2 aromatic rings. The van der Waals surface area contributed by atoms with E-state index in [4.69, 9.17) is 31.2 Å². The van der Waals surface area contributed by atoms with Crippen LogP contribution in [-0.2, 0) is 4.74 Å². The van der Waals surface area contributed by atoms with Crippen molar-refractivity contribution >= 4 is 11.6 Å². The summed E-state index contributed by atoms with van der Waals surface area (Å²) in [5.74, 6) is 3.60. The zero-order valence-electron chi connectivity index (χ0n) is 14.6. The number of ether oxygens (including phenoxy) is 2. The third-order valence-corrected chi connectivity index (χ3v) is 5.56. The normalized spacial score (nSPS) is 19.4. The molecule has 1 aliphatic carbocycles. The molecule has 2 fully saturated rings. The van der Waals surface area contributed by atoms with E-state index in [1.807, 2.05) is 22.9 Å². The Balaban J connectivity index is 1.79. The summed E-state index contributed by atoms with van der Waals surface area (Å²) in [7, 11) is 1.68. The average molecular weight is 362 g/mol. The summed E-state index contributed by atoms with van der Waals surface area (Å²) in [6, 6.07) is 5.66. The van der Waals surface area contributed by atoms with Gasteiger partial charge in [0.05, 0.1) is 7.11 Å². The summed E-state index contributed by atoms with van der Waals surface area (Å²) in [6.07, 6.45) is 6.85. The predicted molar refractivity (Wildman–Crippen MR) is 96.9 cm³/mol. The molecule has 25 heavy (non-hydrogen) atoms. The third-order valence-electron chi connectivity index (χ3n) is 5.32. The molecule has 2 heterocycles. The summed E-state index contributed by atoms with van der Waals surface area (Å²) >= 11 is 6.26. The first-order valence-electron chi connectivity index (χ1n) is 9.15. The first kappa shape index (κ1) is 16.9. The smallest absolute Gasteiger partial charge is 0.154 e. The molecule has 4 rings (SSSR count). The highest BCUT2D eigenvalue weighted by molar-refractivity contribution is 6.30. The Morgan fingerprint density at radius 2 is 1.88 bits per heavy atom. The van der Waals surface area contributed by atoms with E-state index >= 15 is 0 Å². The second-order valence-electron chi connectivity index (χ2n) is 6.92. The van der Waals surface area contributed by atoms with Gasteiger partial charge in [0, 0.05) is 30.1 Å². The zero-order valence-corrected chi connectivity index (χ0v) is 15.3. The molecule has 6 heteroatoms. The molecule has 0 radical (unpaired) electrons. The maximum atomic E-state index is 6.26. The van der Waals surface area contributed by atoms with Crippen LogP contribution in [0.2, 0.25) is 5.02 Å². The van der Waals surface area contributed by atoms with E-state index in [1.54, 1.807) is 7.11 Å². The molecule has 0 N–H and O–H groups in total. The van der Waals surface area contributed by atoms with E-state index in [0.717, 1.165) is 49.1 Å². The van der Waals surface area contributed by atoms with Crippen LogP contribution in [0, 0.1) is 0 Å². The molecule has 0 spiro atoms. The quantitative estimate of drug-likeness (QED) is 0.805. The Hall–Kier alpha value is -1.59. The lowest BCUT2D eigenvalue weighted by atomic mass is 10.00. The van der Waals surface area contributed by atoms with Gasteiger partial charge in [0.15, 0.2) is 5.82 Å². The first-order chi connectivity index (χ1) is 12.3. The van der Waals surface area contributed by atoms with Crippen LogP contribution in [0.3, 0.4) is 0 Å². The molecule has 5 nitrogen and oxygen atoms in total. The van der Waals surface area contributed by atoms with Crippen LogP contribution in [-0.4, -0.2) is 35.1 Å². The lowest BCUT2D eigenvalue weighted by Crippen LogP contribution is -2.15. The van der Waals surface area contributed by atoms with Gasteiger partial charge in [-0.2, -0.15) is 5.10 Å². The largest absolute Gasteiger partial charge is 0.494 e. The number of rotatable bonds is 4. The predicted octanol–water partition coefficient (Wildman–Crippen LogP) is 4.48. The maximum absolute atomic E-state index is 6.26. The van der Waals surface area contributed by atoms with Crippen LogP contribution >= 0.6 is 11.6 Å². The summed E-state index contributed by atoms with van der Waals surface area (Å²) in [5.41, 5.74) is 0.878. The van der Waals surface area contributed by atoms with Gasteiger partial charge in [-0.3, -0.25) is 0 Å². The van der Waals surface area contributed by atoms with Crippen LogP contribution in [0.1, 0.15) is 62.0 Å². The SMILES string of the molecule is COc1ccc(Cl)cc1-n1nc(C2CCOCC2)nc1C1CCCC1. The molecule has 0 amide bonds. The fourth-order valence-corrected chi connectivity index (χ4v) is 4.09. The number of aromatic nitrogens is 3. The minimum absolute atomic E-state index is 0.375. The number of hydrogen-bond donors (Lipinski definition) is 0. The Morgan fingerprint density at radius 1 is 1.12 bits per heavy atom. The summed E-state index contributed by atoms with van der Waals surface area (Å²) < 4.78 is 13.0. The molecule has 2 aliphatic rings. The highest BCUT2D eigenvalue weighted by Crippen LogP contribution is 2.37. The van der Waals surface area contributed by atoms with E-state index in [-0.39, 0.29) is 0 Å². The van der Waals surface area contributed by atoms with E-state index in [1.165, 1.54) is 25.7 Å². The zero-order chi connectivity index (χ0) is 17.2. The van der Waals surface area contributed by atoms with Crippen LogP contribution in [0.15, 0.2) is 18.2 Å². The van der Waals surface area contributed by atoms with Crippen molar-refractivity contribution in [2.45, 2.75) is 50.4 Å². The van der Waals surface area contributed by atoms with Crippen molar-refractivity contribution in [1.29, 1.82) is 0 Å². The minimum atomic E-state index is 0.375. The second kappa shape index (κ2) is 7.34. The van der Waals surface area contributed by atoms with Crippen molar-refractivity contribution in [2.75, 3.05) is 20.3 Å². The molecular weight excluding hydrogens is 338 g/mol. The Kier molecular flexibility index (Phi) is 4.95. The lowest BCUT2D eigenvalue weighted by molar-refractivity contribution is 0.0836. The lowest BCUT2D eigenvalue weighted by Gasteiger charge is -2.18. The van der Waals surface area contributed by atoms with Crippen molar-refractivity contribution in [3.63, 3.8) is 0 Å². The number of benzene rings is 1. The van der Waals surface area contributed by atoms with Crippen molar-refractivity contribution in [3.05, 3.63) is 34.9 Å². The summed E-state index contributed by atoms with van der Waals surface area (Å²) in [4.78, 5) is 4.99. The molecule has 1 saturated heterocycles. The average Bonchev–Trinajstić information content (AvgIpc) is 3.32. The van der Waals surface area contributed by atoms with Crippen molar-refractivity contribution < 1.29 is 9.47 Å². The van der Waals surface area contributed by atoms with E-state index in [9.17, 15) is 0 Å². The molecule has 1 aromatic heterocycles. The molecule has 0 unspecified atom stereocenters. The third kappa shape index (κ3) is 3.40. The van der Waals surface area contributed by atoms with E-state index in [2.05, 4.69) is 0 Å². The van der Waals surface area contributed by atoms with Gasteiger partial charge >= 0.3 is 0 Å². The fraction of sp³-hybridized carbons (Fsp3) is 0.579. The first-order valence-corrected chi connectivity index (χ1v) is 9.52. The number of methoxy groups -OCH3 is 1. The Labute approximate surface area is 153 Å². The molecule has 0 bridgehead atoms. The molecule has 1 aromatic carbocycles. The van der Waals surface area contributed by atoms with Gasteiger partial charge < -0.3 is 9.47 Å². The van der Waals surface area contributed by atoms with Crippen molar-refractivity contribution in [3.8, 4) is 11.4 Å². The highest BCUT2D eigenvalue weighted by atomic mass is 35.5. The highest BCUT2D eigenvalue weighted by Gasteiger charge is 2.28. The topological polar surface area (TPSA) is 49.2 Å². The molecule has 0 atom stereocenters. The fourth-order valence-electron chi connectivity index (χ4n) is 3.92. The molecule has 1 saturated carbocycles. The molecule has 1 aliphatic heterocycles. The number of nitrogens with zero attached hydrogens (tertiary/aromatic N) is 3. The monoisotopic (exact) mass is 361 g/mol. The standard InChI is InChI=1S/C19H24ClN3O2/c1-24-17-7-6-15(20)12-16(17)23-19(14-4-2-3-5-14)21-18(22-23)13-8-10-25-11-9-13/h6-7,12-14H,2-5,8-11H2,1H3. The van der Waals surface area contributed by atoms with Gasteiger partial charge in [-0.25, -0.2) is 9.67 Å². The van der Waals surface area contributed by atoms with Gasteiger partial charge in [0.2, 0.25) is 0 Å². The van der Waals surface area contributed by atoms with Crippen LogP contribution in [0.4, 0.5) is 0 Å². The Bertz CT molecular complexity index is 734. The molecule has 134 valence electrons. The van der Waals surface area contributed by atoms with Gasteiger partial charge in [-0.1, -0.05) is 24.4 Å². The number of hydrogen-bond acceptors (Lipinski definition) is 4. The second-order valence-corrected chi connectivity index (χ2v) is 7.36.